The smallest absolute Gasteiger partial charge is 0.320 e. The minimum Gasteiger partial charge on any atom is -0.473 e. The molecule has 0 bridgehead atoms. The van der Waals surface area contributed by atoms with Crippen molar-refractivity contribution in [2.75, 3.05) is 37.9 Å². The lowest BCUT2D eigenvalue weighted by Gasteiger charge is -2.41. The molecular weight excluding hydrogens is 659 g/mol. The van der Waals surface area contributed by atoms with Gasteiger partial charge in [-0.1, -0.05) is 0 Å². The normalized spacial score (nSPS) is 23.7. The van der Waals surface area contributed by atoms with Crippen LogP contribution < -0.4 is 21.1 Å². The monoisotopic (exact) mass is 697 g/mol. The first-order valence-electron chi connectivity index (χ1n) is 17.1. The van der Waals surface area contributed by atoms with Gasteiger partial charge in [0.15, 0.2) is 17.5 Å². The van der Waals surface area contributed by atoms with Crippen molar-refractivity contribution in [1.29, 1.82) is 5.26 Å². The number of urea groups is 1. The molecule has 2 amide bonds. The molecule has 4 aliphatic rings. The molecule has 0 radical (unpaired) electrons. The molecule has 4 N–H and O–H groups in total. The third kappa shape index (κ3) is 5.59. The number of carbonyl (C=O) groups excluding carboxylic acids is 2. The van der Waals surface area contributed by atoms with Crippen LogP contribution in [0.3, 0.4) is 0 Å². The molecule has 2 fully saturated rings. The molecule has 8 rings (SSSR count). The van der Waals surface area contributed by atoms with Gasteiger partial charge in [0.25, 0.3) is 0 Å². The SMILES string of the molecule is C[C@H](Oc1cc(-n2ccc(NC(=O)N[C@H]3CCOC3)n2)nc(-c2ncc3n2C(=O)CCC32CCCc3sc(N)c(C#N)c32)n1)[C@@H]1CCCN1C. The van der Waals surface area contributed by atoms with Crippen molar-refractivity contribution >= 4 is 34.1 Å². The summed E-state index contributed by atoms with van der Waals surface area (Å²) in [6.45, 7) is 4.12. The van der Waals surface area contributed by atoms with Crippen molar-refractivity contribution in [3.8, 4) is 29.4 Å². The number of fused-ring (bicyclic) bond motifs is 4. The first-order valence-corrected chi connectivity index (χ1v) is 18.0. The van der Waals surface area contributed by atoms with Crippen LogP contribution in [0.15, 0.2) is 24.5 Å². The predicted octanol–water partition coefficient (Wildman–Crippen LogP) is 3.87. The van der Waals surface area contributed by atoms with Crippen LogP contribution >= 0.6 is 11.3 Å². The molecule has 7 heterocycles. The van der Waals surface area contributed by atoms with Gasteiger partial charge in [0.05, 0.1) is 30.1 Å². The Bertz CT molecular complexity index is 2010. The molecule has 4 atom stereocenters. The standard InChI is InChI=1S/C34H39N11O4S/c1-19(22-5-4-12-43(22)2)49-27-15-26(44-13-8-25(42-44)39-33(47)38-20-9-14-48-18-20)40-31(41-27)32-37-17-24-34(11-7-28(46)45(24)32)10-3-6-23-29(34)21(16-35)30(36)50-23/h8,13,15,17,19-20,22H,3-7,9-12,14,18,36H2,1-2H3,(H2,38,39,42,47)/t19-,20-,22-,34?/m0/s1. The fourth-order valence-corrected chi connectivity index (χ4v) is 9.29. The maximum Gasteiger partial charge on any atom is 0.320 e. The molecular formula is C34H39N11O4S. The first-order chi connectivity index (χ1) is 24.2. The lowest BCUT2D eigenvalue weighted by atomic mass is 9.65. The van der Waals surface area contributed by atoms with Gasteiger partial charge in [-0.3, -0.25) is 19.6 Å². The van der Waals surface area contributed by atoms with Crippen LogP contribution in [-0.2, 0) is 16.6 Å². The maximum absolute atomic E-state index is 13.8. The Morgan fingerprint density at radius 2 is 2.14 bits per heavy atom. The molecule has 2 saturated heterocycles. The lowest BCUT2D eigenvalue weighted by Crippen LogP contribution is -2.40. The summed E-state index contributed by atoms with van der Waals surface area (Å²) in [7, 11) is 2.09. The van der Waals surface area contributed by atoms with E-state index < -0.39 is 5.41 Å². The highest BCUT2D eigenvalue weighted by Gasteiger charge is 2.48. The molecule has 0 saturated carbocycles. The van der Waals surface area contributed by atoms with E-state index in [0.29, 0.717) is 53.5 Å². The van der Waals surface area contributed by atoms with Crippen molar-refractivity contribution in [1.82, 2.24) is 39.5 Å². The zero-order valence-electron chi connectivity index (χ0n) is 28.0. The van der Waals surface area contributed by atoms with E-state index in [-0.39, 0.29) is 42.4 Å². The second-order valence-electron chi connectivity index (χ2n) is 13.6. The largest absolute Gasteiger partial charge is 0.473 e. The summed E-state index contributed by atoms with van der Waals surface area (Å²) in [5, 5.41) is 20.9. The zero-order valence-corrected chi connectivity index (χ0v) is 28.8. The second kappa shape index (κ2) is 12.8. The number of aromatic nitrogens is 6. The summed E-state index contributed by atoms with van der Waals surface area (Å²) < 4.78 is 15.0. The number of aryl methyl sites for hydroxylation is 1. The Hall–Kier alpha value is -4.85. The number of carbonyl (C=O) groups is 2. The number of likely N-dealkylation sites (tertiary alicyclic amines) is 1. The number of ether oxygens (including phenoxy) is 2. The Labute approximate surface area is 292 Å². The number of nitriles is 1. The summed E-state index contributed by atoms with van der Waals surface area (Å²) in [4.78, 5) is 44.2. The van der Waals surface area contributed by atoms with Crippen LogP contribution in [0.25, 0.3) is 17.5 Å². The number of nitrogens with two attached hydrogens (primary N) is 1. The Kier molecular flexibility index (Phi) is 8.28. The molecule has 260 valence electrons. The third-order valence-corrected chi connectivity index (χ3v) is 11.6. The number of hydrogen-bond donors (Lipinski definition) is 3. The van der Waals surface area contributed by atoms with Gasteiger partial charge < -0.3 is 20.5 Å². The zero-order chi connectivity index (χ0) is 34.6. The molecule has 1 aliphatic carbocycles. The number of rotatable bonds is 7. The first kappa shape index (κ1) is 32.4. The van der Waals surface area contributed by atoms with E-state index in [9.17, 15) is 14.9 Å². The van der Waals surface area contributed by atoms with Gasteiger partial charge in [-0.25, -0.2) is 19.4 Å². The maximum atomic E-state index is 13.8. The lowest BCUT2D eigenvalue weighted by molar-refractivity contribution is 0.0857. The highest BCUT2D eigenvalue weighted by atomic mass is 32.1. The van der Waals surface area contributed by atoms with Gasteiger partial charge >= 0.3 is 6.03 Å². The van der Waals surface area contributed by atoms with E-state index in [1.54, 1.807) is 29.1 Å². The number of thiophene rings is 1. The molecule has 4 aromatic heterocycles. The summed E-state index contributed by atoms with van der Waals surface area (Å²) in [6.07, 6.45) is 9.47. The molecule has 16 heteroatoms. The van der Waals surface area contributed by atoms with Crippen molar-refractivity contribution in [2.24, 2.45) is 0 Å². The second-order valence-corrected chi connectivity index (χ2v) is 14.7. The highest BCUT2D eigenvalue weighted by molar-refractivity contribution is 7.16. The fraction of sp³-hybridized carbons (Fsp3) is 0.500. The van der Waals surface area contributed by atoms with Crippen LogP contribution in [0.2, 0.25) is 0 Å². The Morgan fingerprint density at radius 3 is 2.92 bits per heavy atom. The number of nitrogens with zero attached hydrogens (tertiary/aromatic N) is 8. The quantitative estimate of drug-likeness (QED) is 0.254. The number of hydrogen-bond acceptors (Lipinski definition) is 12. The van der Waals surface area contributed by atoms with Gasteiger partial charge in [-0.15, -0.1) is 16.4 Å². The van der Waals surface area contributed by atoms with Crippen LogP contribution in [0.5, 0.6) is 5.88 Å². The van der Waals surface area contributed by atoms with E-state index in [1.807, 2.05) is 6.92 Å². The fourth-order valence-electron chi connectivity index (χ4n) is 8.13. The van der Waals surface area contributed by atoms with Crippen LogP contribution in [0.4, 0.5) is 15.6 Å². The summed E-state index contributed by atoms with van der Waals surface area (Å²) >= 11 is 1.47. The average molecular weight is 698 g/mol. The number of nitrogen functional groups attached to an aromatic ring is 1. The third-order valence-electron chi connectivity index (χ3n) is 10.5. The van der Waals surface area contributed by atoms with Gasteiger partial charge in [0.1, 0.15) is 17.2 Å². The number of anilines is 2. The molecule has 15 nitrogen and oxygen atoms in total. The number of nitrogens with one attached hydrogen (secondary N) is 2. The Morgan fingerprint density at radius 1 is 1.26 bits per heavy atom. The molecule has 1 unspecified atom stereocenters. The van der Waals surface area contributed by atoms with Gasteiger partial charge in [-0.05, 0) is 71.0 Å². The van der Waals surface area contributed by atoms with Crippen molar-refractivity contribution in [3.05, 3.63) is 46.2 Å². The van der Waals surface area contributed by atoms with Crippen LogP contribution in [0.1, 0.15) is 78.4 Å². The Balaban J connectivity index is 1.18. The highest BCUT2D eigenvalue weighted by Crippen LogP contribution is 2.53. The van der Waals surface area contributed by atoms with E-state index in [0.717, 1.165) is 61.2 Å². The van der Waals surface area contributed by atoms with Crippen LogP contribution in [-0.4, -0.2) is 91.1 Å². The molecule has 0 aromatic carbocycles. The van der Waals surface area contributed by atoms with E-state index >= 15 is 0 Å². The predicted molar refractivity (Wildman–Crippen MR) is 185 cm³/mol. The minimum absolute atomic E-state index is 0.0479. The van der Waals surface area contributed by atoms with Crippen LogP contribution in [0, 0.1) is 11.3 Å². The van der Waals surface area contributed by atoms with E-state index in [1.165, 1.54) is 16.0 Å². The average Bonchev–Trinajstić information content (AvgIpc) is 3.94. The molecule has 1 spiro atoms. The topological polar surface area (TPSA) is 191 Å². The summed E-state index contributed by atoms with van der Waals surface area (Å²) in [6, 6.07) is 5.52. The van der Waals surface area contributed by atoms with Crippen molar-refractivity contribution in [3.63, 3.8) is 0 Å². The summed E-state index contributed by atoms with van der Waals surface area (Å²) in [5.74, 6) is 1.40. The van der Waals surface area contributed by atoms with E-state index in [2.05, 4.69) is 33.7 Å². The van der Waals surface area contributed by atoms with Gasteiger partial charge in [0.2, 0.25) is 17.6 Å². The summed E-state index contributed by atoms with van der Waals surface area (Å²) in [5.41, 5.74) is 7.93. The molecule has 50 heavy (non-hydrogen) atoms. The number of likely N-dealkylation sites (N-methyl/N-ethyl adjacent to an activating group) is 1. The van der Waals surface area contributed by atoms with Crippen molar-refractivity contribution < 1.29 is 19.1 Å². The van der Waals surface area contributed by atoms with Gasteiger partial charge in [0, 0.05) is 47.7 Å². The van der Waals surface area contributed by atoms with Gasteiger partial charge in [-0.2, -0.15) is 10.2 Å². The number of amides is 2. The number of imidazole rings is 1. The minimum atomic E-state index is -0.571. The molecule has 4 aromatic rings. The van der Waals surface area contributed by atoms with Crippen molar-refractivity contribution in [2.45, 2.75) is 81.9 Å². The van der Waals surface area contributed by atoms with E-state index in [4.69, 9.17) is 30.2 Å². The molecule has 3 aliphatic heterocycles.